The third-order valence-corrected chi connectivity index (χ3v) is 3.96. The molecule has 0 aliphatic heterocycles. The van der Waals surface area contributed by atoms with E-state index in [0.717, 1.165) is 11.0 Å². The average Bonchev–Trinajstić information content (AvgIpc) is 2.93. The Morgan fingerprint density at radius 2 is 1.83 bits per heavy atom. The summed E-state index contributed by atoms with van der Waals surface area (Å²) in [6.45, 7) is 2.08. The van der Waals surface area contributed by atoms with Crippen LogP contribution in [0.15, 0.2) is 48.5 Å². The smallest absolute Gasteiger partial charge is 0.138 e. The van der Waals surface area contributed by atoms with Crippen molar-refractivity contribution in [2.75, 3.05) is 6.61 Å². The van der Waals surface area contributed by atoms with Crippen LogP contribution in [0, 0.1) is 0 Å². The lowest BCUT2D eigenvalue weighted by Gasteiger charge is -2.16. The van der Waals surface area contributed by atoms with E-state index in [1.165, 1.54) is 0 Å². The highest BCUT2D eigenvalue weighted by Gasteiger charge is 2.17. The summed E-state index contributed by atoms with van der Waals surface area (Å²) >= 11 is 5.83. The van der Waals surface area contributed by atoms with Gasteiger partial charge in [0.1, 0.15) is 30.4 Å². The van der Waals surface area contributed by atoms with Crippen LogP contribution >= 0.6 is 11.6 Å². The second-order valence-electron chi connectivity index (χ2n) is 5.66. The molecule has 3 aromatic rings. The number of fused-ring (bicyclic) bond motifs is 1. The maximum Gasteiger partial charge on any atom is 0.138 e. The Morgan fingerprint density at radius 3 is 2.54 bits per heavy atom. The molecule has 0 saturated heterocycles. The van der Waals surface area contributed by atoms with Crippen LogP contribution in [0.2, 0.25) is 5.02 Å². The van der Waals surface area contributed by atoms with E-state index in [0.29, 0.717) is 16.6 Å². The number of hydrogen-bond acceptors (Lipinski definition) is 4. The number of ether oxygens (including phenoxy) is 1. The van der Waals surface area contributed by atoms with Crippen LogP contribution in [0.1, 0.15) is 18.9 Å². The van der Waals surface area contributed by atoms with Gasteiger partial charge >= 0.3 is 0 Å². The number of aromatic nitrogens is 2. The van der Waals surface area contributed by atoms with Gasteiger partial charge in [-0.05, 0) is 43.3 Å². The molecule has 2 N–H and O–H groups in total. The number of imidazole rings is 1. The zero-order valence-corrected chi connectivity index (χ0v) is 14.0. The van der Waals surface area contributed by atoms with Crippen LogP contribution in [0.25, 0.3) is 11.0 Å². The van der Waals surface area contributed by atoms with E-state index < -0.39 is 12.2 Å². The molecular formula is C18H19ClN2O3. The fourth-order valence-corrected chi connectivity index (χ4v) is 2.72. The molecule has 24 heavy (non-hydrogen) atoms. The summed E-state index contributed by atoms with van der Waals surface area (Å²) in [6, 6.07) is 14.6. The standard InChI is InChI=1S/C18H19ClN2O3/c1-12(22)18-20-16-4-2-3-5-17(16)21(18)10-14(23)11-24-15-8-6-13(19)7-9-15/h2-9,12,14,22-23H,10-11H2,1H3. The number of nitrogens with zero attached hydrogens (tertiary/aromatic N) is 2. The Hall–Kier alpha value is -2.08. The van der Waals surface area contributed by atoms with Crippen molar-refractivity contribution in [3.63, 3.8) is 0 Å². The number of para-hydroxylation sites is 2. The summed E-state index contributed by atoms with van der Waals surface area (Å²) in [5.74, 6) is 1.17. The normalized spacial score (nSPS) is 13.8. The fourth-order valence-electron chi connectivity index (χ4n) is 2.59. The van der Waals surface area contributed by atoms with E-state index in [1.54, 1.807) is 31.2 Å². The molecule has 1 aromatic heterocycles. The van der Waals surface area contributed by atoms with Gasteiger partial charge < -0.3 is 19.5 Å². The lowest BCUT2D eigenvalue weighted by Crippen LogP contribution is -2.25. The van der Waals surface area contributed by atoms with Crippen molar-refractivity contribution in [2.24, 2.45) is 0 Å². The lowest BCUT2D eigenvalue weighted by atomic mass is 10.3. The van der Waals surface area contributed by atoms with Crippen molar-refractivity contribution in [3.8, 4) is 5.75 Å². The second kappa shape index (κ2) is 7.21. The van der Waals surface area contributed by atoms with Crippen LogP contribution in [0.3, 0.4) is 0 Å². The summed E-state index contributed by atoms with van der Waals surface area (Å²) in [6.07, 6.45) is -1.46. The van der Waals surface area contributed by atoms with Gasteiger partial charge in [-0.15, -0.1) is 0 Å². The Morgan fingerprint density at radius 1 is 1.12 bits per heavy atom. The molecule has 2 aromatic carbocycles. The molecule has 2 atom stereocenters. The number of halogens is 1. The topological polar surface area (TPSA) is 67.5 Å². The van der Waals surface area contributed by atoms with E-state index in [-0.39, 0.29) is 13.2 Å². The largest absolute Gasteiger partial charge is 0.491 e. The highest BCUT2D eigenvalue weighted by atomic mass is 35.5. The van der Waals surface area contributed by atoms with Crippen LogP contribution < -0.4 is 4.74 Å². The highest BCUT2D eigenvalue weighted by molar-refractivity contribution is 6.30. The van der Waals surface area contributed by atoms with Gasteiger partial charge in [-0.25, -0.2) is 4.98 Å². The monoisotopic (exact) mass is 346 g/mol. The molecular weight excluding hydrogens is 328 g/mol. The summed E-state index contributed by atoms with van der Waals surface area (Å²) in [4.78, 5) is 4.44. The van der Waals surface area contributed by atoms with Gasteiger partial charge in [0.25, 0.3) is 0 Å². The number of benzene rings is 2. The Kier molecular flexibility index (Phi) is 5.04. The summed E-state index contributed by atoms with van der Waals surface area (Å²) in [5, 5.41) is 20.9. The third-order valence-electron chi connectivity index (χ3n) is 3.71. The Bertz CT molecular complexity index is 815. The van der Waals surface area contributed by atoms with E-state index in [4.69, 9.17) is 16.3 Å². The van der Waals surface area contributed by atoms with Gasteiger partial charge in [-0.2, -0.15) is 0 Å². The van der Waals surface area contributed by atoms with Crippen LogP contribution in [-0.2, 0) is 6.54 Å². The van der Waals surface area contributed by atoms with Crippen molar-refractivity contribution < 1.29 is 14.9 Å². The van der Waals surface area contributed by atoms with Crippen molar-refractivity contribution in [3.05, 3.63) is 59.4 Å². The number of aliphatic hydroxyl groups is 2. The van der Waals surface area contributed by atoms with Crippen molar-refractivity contribution in [2.45, 2.75) is 25.7 Å². The maximum atomic E-state index is 10.3. The number of aliphatic hydroxyl groups excluding tert-OH is 2. The summed E-state index contributed by atoms with van der Waals surface area (Å²) in [5.41, 5.74) is 1.66. The molecule has 0 fully saturated rings. The first-order valence-corrected chi connectivity index (χ1v) is 8.12. The van der Waals surface area contributed by atoms with Crippen LogP contribution in [0.5, 0.6) is 5.75 Å². The first-order chi connectivity index (χ1) is 11.5. The van der Waals surface area contributed by atoms with Gasteiger partial charge in [0.2, 0.25) is 0 Å². The summed E-state index contributed by atoms with van der Waals surface area (Å²) in [7, 11) is 0. The molecule has 6 heteroatoms. The molecule has 2 unspecified atom stereocenters. The molecule has 0 amide bonds. The van der Waals surface area contributed by atoms with Gasteiger partial charge in [-0.3, -0.25) is 0 Å². The van der Waals surface area contributed by atoms with E-state index in [2.05, 4.69) is 4.98 Å². The molecule has 0 spiro atoms. The van der Waals surface area contributed by atoms with E-state index in [1.807, 2.05) is 28.8 Å². The fraction of sp³-hybridized carbons (Fsp3) is 0.278. The molecule has 0 aliphatic carbocycles. The van der Waals surface area contributed by atoms with Crippen molar-refractivity contribution in [1.29, 1.82) is 0 Å². The minimum atomic E-state index is -0.740. The zero-order valence-electron chi connectivity index (χ0n) is 13.3. The first kappa shape index (κ1) is 16.8. The predicted octanol–water partition coefficient (Wildman–Crippen LogP) is 3.18. The molecule has 126 valence electrons. The molecule has 3 rings (SSSR count). The molecule has 1 heterocycles. The minimum Gasteiger partial charge on any atom is -0.491 e. The van der Waals surface area contributed by atoms with E-state index >= 15 is 0 Å². The quantitative estimate of drug-likeness (QED) is 0.719. The SMILES string of the molecule is CC(O)c1nc2ccccc2n1CC(O)COc1ccc(Cl)cc1. The van der Waals surface area contributed by atoms with Crippen LogP contribution in [-0.4, -0.2) is 32.5 Å². The van der Waals surface area contributed by atoms with E-state index in [9.17, 15) is 10.2 Å². The lowest BCUT2D eigenvalue weighted by molar-refractivity contribution is 0.0895. The maximum absolute atomic E-state index is 10.3. The van der Waals surface area contributed by atoms with Crippen LogP contribution in [0.4, 0.5) is 0 Å². The van der Waals surface area contributed by atoms with Gasteiger partial charge in [0.05, 0.1) is 17.6 Å². The Balaban J connectivity index is 1.73. The molecule has 0 saturated carbocycles. The first-order valence-electron chi connectivity index (χ1n) is 7.74. The molecule has 5 nitrogen and oxygen atoms in total. The van der Waals surface area contributed by atoms with Gasteiger partial charge in [-0.1, -0.05) is 23.7 Å². The molecule has 0 aliphatic rings. The number of hydrogen-bond donors (Lipinski definition) is 2. The molecule has 0 radical (unpaired) electrons. The van der Waals surface area contributed by atoms with Gasteiger partial charge in [0, 0.05) is 5.02 Å². The van der Waals surface area contributed by atoms with Crippen molar-refractivity contribution >= 4 is 22.6 Å². The zero-order chi connectivity index (χ0) is 17.1. The minimum absolute atomic E-state index is 0.132. The summed E-state index contributed by atoms with van der Waals surface area (Å²) < 4.78 is 7.41. The number of rotatable bonds is 6. The van der Waals surface area contributed by atoms with Gasteiger partial charge in [0.15, 0.2) is 0 Å². The van der Waals surface area contributed by atoms with Crippen molar-refractivity contribution in [1.82, 2.24) is 9.55 Å². The average molecular weight is 347 g/mol. The predicted molar refractivity (Wildman–Crippen MR) is 93.3 cm³/mol. The second-order valence-corrected chi connectivity index (χ2v) is 6.10. The molecule has 0 bridgehead atoms. The Labute approximate surface area is 145 Å². The highest BCUT2D eigenvalue weighted by Crippen LogP contribution is 2.21. The third kappa shape index (κ3) is 3.70.